The van der Waals surface area contributed by atoms with E-state index >= 15 is 0 Å². The Balaban J connectivity index is 1.47. The molecular formula is C25H25FN4O. The summed E-state index contributed by atoms with van der Waals surface area (Å²) in [6.45, 7) is 1.88. The highest BCUT2D eigenvalue weighted by Crippen LogP contribution is 2.21. The third-order valence-electron chi connectivity index (χ3n) is 5.07. The standard InChI is InChI=1S/C25H25FN4O/c1-31-24-10-6-5-7-20(24)15-16-27-17-23-25(21-8-3-2-4-9-21)29-30(28-23)18-19-11-13-22(26)14-12-19/h2-14,27H,15-18H2,1H3. The van der Waals surface area contributed by atoms with Crippen LogP contribution in [-0.2, 0) is 19.5 Å². The molecule has 5 nitrogen and oxygen atoms in total. The van der Waals surface area contributed by atoms with Gasteiger partial charge in [-0.25, -0.2) is 4.39 Å². The van der Waals surface area contributed by atoms with Gasteiger partial charge in [-0.1, -0.05) is 60.7 Å². The topological polar surface area (TPSA) is 52.0 Å². The third kappa shape index (κ3) is 5.35. The van der Waals surface area contributed by atoms with Gasteiger partial charge in [0.05, 0.1) is 13.7 Å². The second-order valence-electron chi connectivity index (χ2n) is 7.26. The van der Waals surface area contributed by atoms with Gasteiger partial charge in [0.1, 0.15) is 23.0 Å². The predicted molar refractivity (Wildman–Crippen MR) is 119 cm³/mol. The van der Waals surface area contributed by atoms with E-state index in [4.69, 9.17) is 14.9 Å². The molecule has 0 unspecified atom stereocenters. The fraction of sp³-hybridized carbons (Fsp3) is 0.200. The van der Waals surface area contributed by atoms with Crippen LogP contribution in [0.2, 0.25) is 0 Å². The maximum absolute atomic E-state index is 13.2. The van der Waals surface area contributed by atoms with Gasteiger partial charge >= 0.3 is 0 Å². The Bertz CT molecular complexity index is 1110. The SMILES string of the molecule is COc1ccccc1CCNCc1nn(Cc2ccc(F)cc2)nc1-c1ccccc1. The van der Waals surface area contributed by atoms with E-state index < -0.39 is 0 Å². The molecule has 3 aromatic carbocycles. The summed E-state index contributed by atoms with van der Waals surface area (Å²) in [4.78, 5) is 1.67. The minimum atomic E-state index is -0.248. The van der Waals surface area contributed by atoms with Crippen molar-refractivity contribution in [1.82, 2.24) is 20.3 Å². The molecule has 0 aliphatic carbocycles. The summed E-state index contributed by atoms with van der Waals surface area (Å²) < 4.78 is 18.6. The van der Waals surface area contributed by atoms with Crippen LogP contribution in [0.25, 0.3) is 11.3 Å². The number of para-hydroxylation sites is 1. The van der Waals surface area contributed by atoms with Crippen LogP contribution < -0.4 is 10.1 Å². The summed E-state index contributed by atoms with van der Waals surface area (Å²) in [5.74, 6) is 0.654. The molecule has 0 fully saturated rings. The fourth-order valence-electron chi connectivity index (χ4n) is 3.48. The molecule has 1 aromatic heterocycles. The molecule has 0 saturated carbocycles. The van der Waals surface area contributed by atoms with E-state index in [0.717, 1.165) is 41.2 Å². The Morgan fingerprint density at radius 2 is 1.65 bits per heavy atom. The maximum atomic E-state index is 13.2. The number of hydrogen-bond donors (Lipinski definition) is 1. The molecule has 0 bridgehead atoms. The van der Waals surface area contributed by atoms with Gasteiger partial charge in [0.15, 0.2) is 0 Å². The summed E-state index contributed by atoms with van der Waals surface area (Å²) in [5.41, 5.74) is 4.88. The van der Waals surface area contributed by atoms with E-state index in [9.17, 15) is 4.39 Å². The van der Waals surface area contributed by atoms with Gasteiger partial charge in [-0.05, 0) is 42.3 Å². The molecule has 0 atom stereocenters. The zero-order valence-corrected chi connectivity index (χ0v) is 17.5. The highest BCUT2D eigenvalue weighted by atomic mass is 19.1. The lowest BCUT2D eigenvalue weighted by Crippen LogP contribution is -2.18. The summed E-state index contributed by atoms with van der Waals surface area (Å²) in [6.07, 6.45) is 0.856. The highest BCUT2D eigenvalue weighted by Gasteiger charge is 2.13. The van der Waals surface area contributed by atoms with E-state index in [0.29, 0.717) is 13.1 Å². The average molecular weight is 417 g/mol. The fourth-order valence-corrected chi connectivity index (χ4v) is 3.48. The number of ether oxygens (including phenoxy) is 1. The lowest BCUT2D eigenvalue weighted by molar-refractivity contribution is 0.409. The van der Waals surface area contributed by atoms with Gasteiger partial charge in [0.25, 0.3) is 0 Å². The monoisotopic (exact) mass is 416 g/mol. The number of rotatable bonds is 9. The zero-order chi connectivity index (χ0) is 21.5. The number of benzene rings is 3. The quantitative estimate of drug-likeness (QED) is 0.409. The molecule has 4 aromatic rings. The molecule has 0 aliphatic heterocycles. The van der Waals surface area contributed by atoms with Gasteiger partial charge in [0.2, 0.25) is 0 Å². The number of methoxy groups -OCH3 is 1. The first-order valence-electron chi connectivity index (χ1n) is 10.3. The molecule has 1 N–H and O–H groups in total. The van der Waals surface area contributed by atoms with Crippen LogP contribution in [0.5, 0.6) is 5.75 Å². The van der Waals surface area contributed by atoms with Crippen molar-refractivity contribution in [2.75, 3.05) is 13.7 Å². The van der Waals surface area contributed by atoms with Gasteiger partial charge in [-0.3, -0.25) is 0 Å². The average Bonchev–Trinajstić information content (AvgIpc) is 3.21. The van der Waals surface area contributed by atoms with Crippen molar-refractivity contribution < 1.29 is 9.13 Å². The van der Waals surface area contributed by atoms with Crippen molar-refractivity contribution in [3.8, 4) is 17.0 Å². The first-order valence-corrected chi connectivity index (χ1v) is 10.3. The second kappa shape index (κ2) is 10.00. The van der Waals surface area contributed by atoms with Crippen LogP contribution in [0.15, 0.2) is 78.9 Å². The second-order valence-corrected chi connectivity index (χ2v) is 7.26. The third-order valence-corrected chi connectivity index (χ3v) is 5.07. The number of nitrogens with zero attached hydrogens (tertiary/aromatic N) is 3. The van der Waals surface area contributed by atoms with Crippen LogP contribution in [0.4, 0.5) is 4.39 Å². The van der Waals surface area contributed by atoms with E-state index in [-0.39, 0.29) is 5.82 Å². The van der Waals surface area contributed by atoms with Crippen molar-refractivity contribution >= 4 is 0 Å². The molecule has 0 aliphatic rings. The van der Waals surface area contributed by atoms with Crippen molar-refractivity contribution in [2.24, 2.45) is 0 Å². The molecule has 31 heavy (non-hydrogen) atoms. The number of hydrogen-bond acceptors (Lipinski definition) is 4. The lowest BCUT2D eigenvalue weighted by atomic mass is 10.1. The minimum Gasteiger partial charge on any atom is -0.496 e. The Kier molecular flexibility index (Phi) is 6.69. The number of aromatic nitrogens is 3. The first-order chi connectivity index (χ1) is 15.2. The lowest BCUT2D eigenvalue weighted by Gasteiger charge is -2.08. The molecule has 0 spiro atoms. The molecular weight excluding hydrogens is 391 g/mol. The van der Waals surface area contributed by atoms with Crippen LogP contribution in [0, 0.1) is 5.82 Å². The Morgan fingerprint density at radius 1 is 0.903 bits per heavy atom. The zero-order valence-electron chi connectivity index (χ0n) is 17.5. The molecule has 0 saturated heterocycles. The summed E-state index contributed by atoms with van der Waals surface area (Å²) in [6, 6.07) is 24.5. The molecule has 6 heteroatoms. The summed E-state index contributed by atoms with van der Waals surface area (Å²) in [7, 11) is 1.69. The van der Waals surface area contributed by atoms with Crippen molar-refractivity contribution in [1.29, 1.82) is 0 Å². The minimum absolute atomic E-state index is 0.248. The smallest absolute Gasteiger partial charge is 0.123 e. The normalized spacial score (nSPS) is 10.9. The molecule has 158 valence electrons. The van der Waals surface area contributed by atoms with E-state index in [1.165, 1.54) is 17.7 Å². The Hall–Kier alpha value is -3.51. The van der Waals surface area contributed by atoms with E-state index in [1.807, 2.05) is 48.5 Å². The highest BCUT2D eigenvalue weighted by molar-refractivity contribution is 5.60. The van der Waals surface area contributed by atoms with Gasteiger partial charge in [0, 0.05) is 12.1 Å². The van der Waals surface area contributed by atoms with Crippen molar-refractivity contribution in [2.45, 2.75) is 19.5 Å². The van der Waals surface area contributed by atoms with Crippen LogP contribution in [0.1, 0.15) is 16.8 Å². The van der Waals surface area contributed by atoms with Crippen molar-refractivity contribution in [3.63, 3.8) is 0 Å². The van der Waals surface area contributed by atoms with E-state index in [2.05, 4.69) is 11.4 Å². The summed E-state index contributed by atoms with van der Waals surface area (Å²) >= 11 is 0. The Labute approximate surface area is 181 Å². The summed E-state index contributed by atoms with van der Waals surface area (Å²) in [5, 5.41) is 12.9. The Morgan fingerprint density at radius 3 is 2.42 bits per heavy atom. The van der Waals surface area contributed by atoms with Crippen LogP contribution in [0.3, 0.4) is 0 Å². The van der Waals surface area contributed by atoms with Crippen molar-refractivity contribution in [3.05, 3.63) is 102 Å². The first kappa shape index (κ1) is 20.8. The van der Waals surface area contributed by atoms with Gasteiger partial charge in [-0.2, -0.15) is 15.0 Å². The molecule has 1 heterocycles. The predicted octanol–water partition coefficient (Wildman–Crippen LogP) is 4.47. The largest absolute Gasteiger partial charge is 0.496 e. The van der Waals surface area contributed by atoms with E-state index in [1.54, 1.807) is 24.0 Å². The van der Waals surface area contributed by atoms with Crippen LogP contribution in [-0.4, -0.2) is 28.6 Å². The molecule has 4 rings (SSSR count). The van der Waals surface area contributed by atoms with Gasteiger partial charge < -0.3 is 10.1 Å². The number of nitrogens with one attached hydrogen (secondary N) is 1. The van der Waals surface area contributed by atoms with Gasteiger partial charge in [-0.15, -0.1) is 0 Å². The molecule has 0 radical (unpaired) electrons. The van der Waals surface area contributed by atoms with Crippen LogP contribution >= 0.6 is 0 Å². The number of halogens is 1. The maximum Gasteiger partial charge on any atom is 0.123 e. The molecule has 0 amide bonds.